The molecule has 1 saturated carbocycles. The van der Waals surface area contributed by atoms with Gasteiger partial charge in [0.05, 0.1) is 6.61 Å². The zero-order chi connectivity index (χ0) is 7.40. The number of nitrogens with one attached hydrogen (secondary N) is 1. The van der Waals surface area contributed by atoms with Crippen LogP contribution in [0.2, 0.25) is 0 Å². The molecule has 0 aromatic rings. The fourth-order valence-electron chi connectivity index (χ4n) is 0.545. The van der Waals surface area contributed by atoms with Gasteiger partial charge in [-0.1, -0.05) is 11.7 Å². The molecule has 0 bridgehead atoms. The average Bonchev–Trinajstić information content (AvgIpc) is 2.67. The van der Waals surface area contributed by atoms with Crippen LogP contribution in [0.3, 0.4) is 0 Å². The largest absolute Gasteiger partial charge is 0.449 e. The number of rotatable bonds is 3. The fourth-order valence-corrected chi connectivity index (χ4v) is 0.902. The maximum Gasteiger partial charge on any atom is 0.417 e. The lowest BCUT2D eigenvalue weighted by Gasteiger charge is -2.01. The van der Waals surface area contributed by atoms with E-state index in [2.05, 4.69) is 16.4 Å². The normalized spacial score (nSPS) is 16.5. The molecule has 0 aliphatic heterocycles. The molecule has 0 heterocycles. The highest BCUT2D eigenvalue weighted by molar-refractivity contribution is 8.67. The van der Waals surface area contributed by atoms with Crippen LogP contribution in [-0.4, -0.2) is 12.7 Å². The van der Waals surface area contributed by atoms with Gasteiger partial charge in [-0.05, 0) is 18.8 Å². The van der Waals surface area contributed by atoms with Gasteiger partial charge in [0.1, 0.15) is 0 Å². The minimum atomic E-state index is -0.396. The molecule has 1 rings (SSSR count). The van der Waals surface area contributed by atoms with Crippen molar-refractivity contribution in [3.63, 3.8) is 0 Å². The van der Waals surface area contributed by atoms with Gasteiger partial charge in [0.25, 0.3) is 0 Å². The van der Waals surface area contributed by atoms with Crippen molar-refractivity contribution in [2.24, 2.45) is 5.92 Å². The highest BCUT2D eigenvalue weighted by atomic mass is 33.1. The third-order valence-electron chi connectivity index (χ3n) is 1.28. The Morgan fingerprint density at radius 2 is 2.50 bits per heavy atom. The van der Waals surface area contributed by atoms with Crippen molar-refractivity contribution in [3.8, 4) is 0 Å². The Morgan fingerprint density at radius 3 is 3.00 bits per heavy atom. The first-order chi connectivity index (χ1) is 4.83. The molecule has 58 valence electrons. The first kappa shape index (κ1) is 8.07. The Balaban J connectivity index is 1.94. The van der Waals surface area contributed by atoms with Crippen molar-refractivity contribution in [3.05, 3.63) is 0 Å². The SMILES string of the molecule is O=C(NSS)OCC1CC1. The van der Waals surface area contributed by atoms with Crippen LogP contribution in [0.25, 0.3) is 0 Å². The number of ether oxygens (including phenoxy) is 1. The number of carbonyl (C=O) groups excluding carboxylic acids is 1. The summed E-state index contributed by atoms with van der Waals surface area (Å²) in [7, 11) is 0.952. The Hall–Kier alpha value is -0.0300. The molecule has 0 atom stereocenters. The first-order valence-electron chi connectivity index (χ1n) is 3.06. The molecule has 0 unspecified atom stereocenters. The third kappa shape index (κ3) is 3.22. The Morgan fingerprint density at radius 1 is 1.80 bits per heavy atom. The predicted octanol–water partition coefficient (Wildman–Crippen LogP) is 1.62. The summed E-state index contributed by atoms with van der Waals surface area (Å²) in [6.07, 6.45) is 2.00. The Labute approximate surface area is 68.8 Å². The van der Waals surface area contributed by atoms with Crippen molar-refractivity contribution >= 4 is 28.7 Å². The Kier molecular flexibility index (Phi) is 3.21. The van der Waals surface area contributed by atoms with Gasteiger partial charge >= 0.3 is 6.09 Å². The van der Waals surface area contributed by atoms with Crippen LogP contribution in [-0.2, 0) is 4.74 Å². The smallest absolute Gasteiger partial charge is 0.417 e. The van der Waals surface area contributed by atoms with E-state index in [0.717, 1.165) is 11.0 Å². The van der Waals surface area contributed by atoms with E-state index in [-0.39, 0.29) is 0 Å². The summed E-state index contributed by atoms with van der Waals surface area (Å²) in [5, 5.41) is 0. The zero-order valence-corrected chi connectivity index (χ0v) is 7.08. The van der Waals surface area contributed by atoms with E-state index in [1.165, 1.54) is 12.8 Å². The molecule has 10 heavy (non-hydrogen) atoms. The summed E-state index contributed by atoms with van der Waals surface area (Å²) in [6, 6.07) is 0. The van der Waals surface area contributed by atoms with Gasteiger partial charge in [-0.15, -0.1) is 0 Å². The number of thiol groups is 1. The average molecular weight is 179 g/mol. The molecule has 0 aromatic heterocycles. The van der Waals surface area contributed by atoms with Crippen molar-refractivity contribution < 1.29 is 9.53 Å². The summed E-state index contributed by atoms with van der Waals surface area (Å²) in [5.41, 5.74) is 0. The molecule has 1 N–H and O–H groups in total. The van der Waals surface area contributed by atoms with Crippen molar-refractivity contribution in [2.75, 3.05) is 6.61 Å². The lowest BCUT2D eigenvalue weighted by atomic mass is 10.5. The van der Waals surface area contributed by atoms with E-state index in [1.54, 1.807) is 0 Å². The molecular formula is C5H9NO2S2. The van der Waals surface area contributed by atoms with Crippen LogP contribution < -0.4 is 4.72 Å². The van der Waals surface area contributed by atoms with Gasteiger partial charge in [0.15, 0.2) is 0 Å². The first-order valence-corrected chi connectivity index (χ1v) is 4.93. The van der Waals surface area contributed by atoms with Crippen LogP contribution in [0.5, 0.6) is 0 Å². The fraction of sp³-hybridized carbons (Fsp3) is 0.800. The van der Waals surface area contributed by atoms with E-state index in [4.69, 9.17) is 4.74 Å². The highest BCUT2D eigenvalue weighted by Crippen LogP contribution is 2.28. The third-order valence-corrected chi connectivity index (χ3v) is 1.81. The van der Waals surface area contributed by atoms with Gasteiger partial charge < -0.3 is 4.74 Å². The molecule has 0 spiro atoms. The molecule has 1 aliphatic rings. The van der Waals surface area contributed by atoms with Gasteiger partial charge in [0.2, 0.25) is 0 Å². The summed E-state index contributed by atoms with van der Waals surface area (Å²) in [5.74, 6) is 0.621. The topological polar surface area (TPSA) is 38.3 Å². The van der Waals surface area contributed by atoms with E-state index in [0.29, 0.717) is 12.5 Å². The number of amides is 1. The van der Waals surface area contributed by atoms with Crippen LogP contribution >= 0.6 is 22.6 Å². The summed E-state index contributed by atoms with van der Waals surface area (Å²) < 4.78 is 7.13. The molecule has 5 heteroatoms. The van der Waals surface area contributed by atoms with E-state index in [9.17, 15) is 4.79 Å². The van der Waals surface area contributed by atoms with E-state index < -0.39 is 6.09 Å². The second kappa shape index (κ2) is 3.98. The summed E-state index contributed by atoms with van der Waals surface area (Å²) in [4.78, 5) is 10.6. The highest BCUT2D eigenvalue weighted by Gasteiger charge is 2.22. The molecule has 1 amide bonds. The molecular weight excluding hydrogens is 170 g/mol. The number of hydrogen-bond donors (Lipinski definition) is 2. The molecule has 0 radical (unpaired) electrons. The second-order valence-electron chi connectivity index (χ2n) is 2.24. The molecule has 3 nitrogen and oxygen atoms in total. The molecule has 1 aliphatic carbocycles. The van der Waals surface area contributed by atoms with Gasteiger partial charge in [0, 0.05) is 11.0 Å². The van der Waals surface area contributed by atoms with Crippen LogP contribution in [0.15, 0.2) is 0 Å². The van der Waals surface area contributed by atoms with Gasteiger partial charge in [-0.3, -0.25) is 4.72 Å². The standard InChI is InChI=1S/C5H9NO2S2/c7-5(6-10-9)8-3-4-1-2-4/h4,9H,1-3H2,(H,6,7). The quantitative estimate of drug-likeness (QED) is 0.393. The van der Waals surface area contributed by atoms with Gasteiger partial charge in [-0.25, -0.2) is 4.79 Å². The monoisotopic (exact) mass is 179 g/mol. The van der Waals surface area contributed by atoms with Crippen LogP contribution in [0.4, 0.5) is 4.79 Å². The molecule has 0 saturated heterocycles. The maximum atomic E-state index is 10.6. The van der Waals surface area contributed by atoms with Gasteiger partial charge in [-0.2, -0.15) is 0 Å². The van der Waals surface area contributed by atoms with Crippen molar-refractivity contribution in [2.45, 2.75) is 12.8 Å². The minimum Gasteiger partial charge on any atom is -0.449 e. The van der Waals surface area contributed by atoms with E-state index >= 15 is 0 Å². The lowest BCUT2D eigenvalue weighted by Crippen LogP contribution is -2.16. The van der Waals surface area contributed by atoms with Crippen molar-refractivity contribution in [1.82, 2.24) is 4.72 Å². The summed E-state index contributed by atoms with van der Waals surface area (Å²) in [6.45, 7) is 0.556. The molecule has 0 aromatic carbocycles. The summed E-state index contributed by atoms with van der Waals surface area (Å²) >= 11 is 3.72. The lowest BCUT2D eigenvalue weighted by molar-refractivity contribution is 0.148. The zero-order valence-electron chi connectivity index (χ0n) is 5.37. The maximum absolute atomic E-state index is 10.6. The number of carbonyl (C=O) groups is 1. The Bertz CT molecular complexity index is 127. The second-order valence-corrected chi connectivity index (χ2v) is 3.17. The number of hydrogen-bond acceptors (Lipinski definition) is 4. The van der Waals surface area contributed by atoms with E-state index in [1.807, 2.05) is 0 Å². The molecule has 1 fully saturated rings. The van der Waals surface area contributed by atoms with Crippen molar-refractivity contribution in [1.29, 1.82) is 0 Å². The van der Waals surface area contributed by atoms with Crippen LogP contribution in [0.1, 0.15) is 12.8 Å². The minimum absolute atomic E-state index is 0.396. The predicted molar refractivity (Wildman–Crippen MR) is 43.8 cm³/mol. The van der Waals surface area contributed by atoms with Crippen LogP contribution in [0, 0.1) is 5.92 Å².